The van der Waals surface area contributed by atoms with Gasteiger partial charge in [0.15, 0.2) is 0 Å². The molecule has 0 bridgehead atoms. The monoisotopic (exact) mass is 533 g/mol. The molecule has 29 heavy (non-hydrogen) atoms. The molecule has 9 heteroatoms. The predicted octanol–water partition coefficient (Wildman–Crippen LogP) is 3.96. The van der Waals surface area contributed by atoms with Gasteiger partial charge in [0.1, 0.15) is 16.2 Å². The number of amides is 1. The van der Waals surface area contributed by atoms with Gasteiger partial charge in [0.2, 0.25) is 0 Å². The highest BCUT2D eigenvalue weighted by Crippen LogP contribution is 2.24. The second-order valence-corrected chi connectivity index (χ2v) is 10.1. The minimum Gasteiger partial charge on any atom is -0.444 e. The number of carbonyl (C=O) groups is 1. The quantitative estimate of drug-likeness (QED) is 0.447. The lowest BCUT2D eigenvalue weighted by molar-refractivity contribution is 0.0205. The van der Waals surface area contributed by atoms with Crippen LogP contribution in [0.25, 0.3) is 0 Å². The Morgan fingerprint density at radius 3 is 2.28 bits per heavy atom. The largest absolute Gasteiger partial charge is 0.444 e. The summed E-state index contributed by atoms with van der Waals surface area (Å²) in [7, 11) is -2.43. The van der Waals surface area contributed by atoms with Crippen LogP contribution in [-0.2, 0) is 14.9 Å². The Labute approximate surface area is 184 Å². The van der Waals surface area contributed by atoms with Crippen LogP contribution >= 0.6 is 22.6 Å². The molecule has 1 amide bonds. The zero-order valence-corrected chi connectivity index (χ0v) is 19.6. The van der Waals surface area contributed by atoms with Crippen molar-refractivity contribution in [2.75, 3.05) is 13.6 Å². The van der Waals surface area contributed by atoms with Gasteiger partial charge >= 0.3 is 16.2 Å². The molecule has 7 nitrogen and oxygen atoms in total. The summed E-state index contributed by atoms with van der Waals surface area (Å²) in [6.07, 6.45) is -1.51. The molecule has 2 aromatic carbocycles. The third-order valence-electron chi connectivity index (χ3n) is 3.73. The van der Waals surface area contributed by atoms with Crippen LogP contribution in [0.3, 0.4) is 0 Å². The number of hydrogen-bond donors (Lipinski definition) is 1. The highest BCUT2D eigenvalue weighted by atomic mass is 127. The molecule has 0 saturated carbocycles. The lowest BCUT2D eigenvalue weighted by Crippen LogP contribution is -2.36. The number of carbonyl (C=O) groups excluding carboxylic acids is 1. The first-order valence-electron chi connectivity index (χ1n) is 8.80. The third kappa shape index (κ3) is 6.86. The second kappa shape index (κ2) is 9.31. The maximum atomic E-state index is 12.4. The summed E-state index contributed by atoms with van der Waals surface area (Å²) in [6, 6.07) is 12.5. The van der Waals surface area contributed by atoms with Crippen LogP contribution in [0.5, 0.6) is 5.75 Å². The van der Waals surface area contributed by atoms with Gasteiger partial charge in [0, 0.05) is 10.6 Å². The first-order chi connectivity index (χ1) is 13.4. The number of aliphatic hydroxyl groups excluding tert-OH is 1. The summed E-state index contributed by atoms with van der Waals surface area (Å²) in [5.41, 5.74) is -0.114. The van der Waals surface area contributed by atoms with Gasteiger partial charge in [-0.15, -0.1) is 0 Å². The molecule has 0 radical (unpaired) electrons. The van der Waals surface area contributed by atoms with Crippen molar-refractivity contribution in [2.24, 2.45) is 0 Å². The number of nitrogens with zero attached hydrogens (tertiary/aromatic N) is 1. The van der Waals surface area contributed by atoms with Crippen molar-refractivity contribution < 1.29 is 27.2 Å². The lowest BCUT2D eigenvalue weighted by Gasteiger charge is -2.26. The predicted molar refractivity (Wildman–Crippen MR) is 117 cm³/mol. The van der Waals surface area contributed by atoms with Crippen LogP contribution in [0.2, 0.25) is 0 Å². The Kier molecular flexibility index (Phi) is 7.52. The van der Waals surface area contributed by atoms with Crippen molar-refractivity contribution in [1.82, 2.24) is 4.90 Å². The van der Waals surface area contributed by atoms with Crippen LogP contribution in [0.1, 0.15) is 32.4 Å². The summed E-state index contributed by atoms with van der Waals surface area (Å²) >= 11 is 1.93. The van der Waals surface area contributed by atoms with Gasteiger partial charge in [-0.3, -0.25) is 0 Å². The SMILES string of the molecule is CN(CC(O)c1ccc(OS(=O)(=O)c2ccccc2I)cc1)C(=O)OC(C)(C)C. The van der Waals surface area contributed by atoms with E-state index in [2.05, 4.69) is 0 Å². The van der Waals surface area contributed by atoms with Crippen LogP contribution in [0.15, 0.2) is 53.4 Å². The fourth-order valence-corrected chi connectivity index (χ4v) is 4.55. The molecule has 0 saturated heterocycles. The van der Waals surface area contributed by atoms with E-state index in [0.29, 0.717) is 9.13 Å². The number of halogens is 1. The van der Waals surface area contributed by atoms with E-state index in [1.807, 2.05) is 22.6 Å². The molecule has 0 heterocycles. The average molecular weight is 533 g/mol. The summed E-state index contributed by atoms with van der Waals surface area (Å²) in [6.45, 7) is 5.31. The normalized spacial score (nSPS) is 12.9. The zero-order chi connectivity index (χ0) is 21.8. The van der Waals surface area contributed by atoms with Crippen molar-refractivity contribution in [3.63, 3.8) is 0 Å². The molecule has 0 spiro atoms. The van der Waals surface area contributed by atoms with Gasteiger partial charge < -0.3 is 18.9 Å². The third-order valence-corrected chi connectivity index (χ3v) is 6.34. The van der Waals surface area contributed by atoms with Crippen molar-refractivity contribution >= 4 is 38.8 Å². The number of ether oxygens (including phenoxy) is 1. The highest BCUT2D eigenvalue weighted by Gasteiger charge is 2.23. The standard InChI is InChI=1S/C20H24INO6S/c1-20(2,3)27-19(24)22(4)13-17(23)14-9-11-15(12-10-14)28-29(25,26)18-8-6-5-7-16(18)21/h5-12,17,23H,13H2,1-4H3. The van der Waals surface area contributed by atoms with Crippen LogP contribution in [-0.4, -0.2) is 43.7 Å². The molecule has 158 valence electrons. The number of aliphatic hydroxyl groups is 1. The van der Waals surface area contributed by atoms with E-state index in [1.54, 1.807) is 51.1 Å². The van der Waals surface area contributed by atoms with E-state index >= 15 is 0 Å². The van der Waals surface area contributed by atoms with Gasteiger partial charge in [-0.2, -0.15) is 8.42 Å². The minimum atomic E-state index is -3.96. The van der Waals surface area contributed by atoms with Gasteiger partial charge in [-0.25, -0.2) is 4.79 Å². The van der Waals surface area contributed by atoms with Crippen molar-refractivity contribution in [1.29, 1.82) is 0 Å². The number of benzene rings is 2. The first-order valence-corrected chi connectivity index (χ1v) is 11.3. The highest BCUT2D eigenvalue weighted by molar-refractivity contribution is 14.1. The lowest BCUT2D eigenvalue weighted by atomic mass is 10.1. The van der Waals surface area contributed by atoms with Crippen LogP contribution in [0, 0.1) is 3.57 Å². The average Bonchev–Trinajstić information content (AvgIpc) is 2.60. The van der Waals surface area contributed by atoms with Crippen molar-refractivity contribution in [3.05, 3.63) is 57.7 Å². The van der Waals surface area contributed by atoms with Gasteiger partial charge in [0.25, 0.3) is 0 Å². The number of hydrogen-bond acceptors (Lipinski definition) is 6. The molecule has 0 aliphatic rings. The Hall–Kier alpha value is -1.85. The molecule has 2 aromatic rings. The van der Waals surface area contributed by atoms with Crippen molar-refractivity contribution in [3.8, 4) is 5.75 Å². The molecule has 1 N–H and O–H groups in total. The molecule has 0 aliphatic carbocycles. The molecule has 0 fully saturated rings. The molecule has 0 aromatic heterocycles. The van der Waals surface area contributed by atoms with E-state index in [-0.39, 0.29) is 17.2 Å². The summed E-state index contributed by atoms with van der Waals surface area (Å²) in [4.78, 5) is 13.4. The Morgan fingerprint density at radius 1 is 1.14 bits per heavy atom. The van der Waals surface area contributed by atoms with Gasteiger partial charge in [0.05, 0.1) is 12.6 Å². The molecule has 1 unspecified atom stereocenters. The van der Waals surface area contributed by atoms with E-state index in [9.17, 15) is 18.3 Å². The Balaban J connectivity index is 2.04. The minimum absolute atomic E-state index is 0.0234. The molecular weight excluding hydrogens is 509 g/mol. The zero-order valence-electron chi connectivity index (χ0n) is 16.6. The fourth-order valence-electron chi connectivity index (χ4n) is 2.34. The molecule has 1 atom stereocenters. The number of rotatable bonds is 6. The van der Waals surface area contributed by atoms with E-state index in [0.717, 1.165) is 0 Å². The summed E-state index contributed by atoms with van der Waals surface area (Å²) in [5.74, 6) is 0.126. The van der Waals surface area contributed by atoms with Crippen molar-refractivity contribution in [2.45, 2.75) is 37.4 Å². The summed E-state index contributed by atoms with van der Waals surface area (Å²) < 4.78 is 35.9. The number of likely N-dealkylation sites (N-methyl/N-ethyl adjacent to an activating group) is 1. The van der Waals surface area contributed by atoms with E-state index in [1.165, 1.54) is 30.1 Å². The van der Waals surface area contributed by atoms with Gasteiger partial charge in [-0.05, 0) is 73.2 Å². The maximum Gasteiger partial charge on any atom is 0.410 e. The topological polar surface area (TPSA) is 93.1 Å². The first kappa shape index (κ1) is 23.4. The van der Waals surface area contributed by atoms with E-state index < -0.39 is 27.9 Å². The summed E-state index contributed by atoms with van der Waals surface area (Å²) in [5, 5.41) is 10.4. The van der Waals surface area contributed by atoms with Gasteiger partial charge in [-0.1, -0.05) is 24.3 Å². The maximum absolute atomic E-state index is 12.4. The second-order valence-electron chi connectivity index (χ2n) is 7.41. The molecule has 0 aliphatic heterocycles. The Morgan fingerprint density at radius 2 is 1.72 bits per heavy atom. The van der Waals surface area contributed by atoms with Crippen LogP contribution < -0.4 is 4.18 Å². The Bertz CT molecular complexity index is 954. The van der Waals surface area contributed by atoms with E-state index in [4.69, 9.17) is 8.92 Å². The van der Waals surface area contributed by atoms with Crippen LogP contribution in [0.4, 0.5) is 4.79 Å². The molecule has 2 rings (SSSR count). The smallest absolute Gasteiger partial charge is 0.410 e. The molecular formula is C20H24INO6S. The fraction of sp³-hybridized carbons (Fsp3) is 0.350.